The van der Waals surface area contributed by atoms with E-state index in [9.17, 15) is 9.59 Å². The van der Waals surface area contributed by atoms with E-state index in [0.717, 1.165) is 6.42 Å². The molecule has 76 valence electrons. The Morgan fingerprint density at radius 3 is 2.31 bits per heavy atom. The molecule has 0 fully saturated rings. The van der Waals surface area contributed by atoms with Gasteiger partial charge in [-0.3, -0.25) is 9.59 Å². The summed E-state index contributed by atoms with van der Waals surface area (Å²) >= 11 is 0. The molecule has 4 nitrogen and oxygen atoms in total. The van der Waals surface area contributed by atoms with Gasteiger partial charge in [-0.25, -0.2) is 0 Å². The molecule has 0 saturated heterocycles. The molecule has 0 aromatic carbocycles. The van der Waals surface area contributed by atoms with Gasteiger partial charge in [0, 0.05) is 12.3 Å². The minimum absolute atomic E-state index is 0.0174. The summed E-state index contributed by atoms with van der Waals surface area (Å²) in [6.45, 7) is 3.77. The second-order valence-corrected chi connectivity index (χ2v) is 3.32. The van der Waals surface area contributed by atoms with Crippen LogP contribution in [0.2, 0.25) is 0 Å². The van der Waals surface area contributed by atoms with Crippen molar-refractivity contribution in [3.8, 4) is 0 Å². The van der Waals surface area contributed by atoms with E-state index in [4.69, 9.17) is 11.5 Å². The molecule has 0 spiro atoms. The second kappa shape index (κ2) is 5.70. The van der Waals surface area contributed by atoms with Gasteiger partial charge in [-0.1, -0.05) is 13.8 Å². The highest BCUT2D eigenvalue weighted by molar-refractivity contribution is 5.86. The van der Waals surface area contributed by atoms with Gasteiger partial charge in [-0.05, 0) is 12.8 Å². The lowest BCUT2D eigenvalue weighted by Crippen LogP contribution is -2.35. The van der Waals surface area contributed by atoms with Crippen LogP contribution in [0.5, 0.6) is 0 Å². The standard InChI is InChI=1S/C9H18N2O2/c1-3-6(2)9(13)7(10)4-5-8(11)12/h6-7H,3-5,10H2,1-2H3,(H2,11,12). The Bertz CT molecular complexity index is 192. The molecule has 0 aromatic heterocycles. The Kier molecular flexibility index (Phi) is 5.30. The molecule has 0 bridgehead atoms. The van der Waals surface area contributed by atoms with Gasteiger partial charge in [0.15, 0.2) is 5.78 Å². The molecule has 4 heteroatoms. The van der Waals surface area contributed by atoms with Gasteiger partial charge in [-0.15, -0.1) is 0 Å². The fraction of sp³-hybridized carbons (Fsp3) is 0.778. The summed E-state index contributed by atoms with van der Waals surface area (Å²) in [5, 5.41) is 0. The maximum Gasteiger partial charge on any atom is 0.217 e. The third-order valence-corrected chi connectivity index (χ3v) is 2.17. The molecule has 0 aromatic rings. The predicted molar refractivity (Wildman–Crippen MR) is 50.9 cm³/mol. The summed E-state index contributed by atoms with van der Waals surface area (Å²) < 4.78 is 0. The monoisotopic (exact) mass is 186 g/mol. The Hall–Kier alpha value is -0.900. The number of nitrogens with two attached hydrogens (primary N) is 2. The highest BCUT2D eigenvalue weighted by Gasteiger charge is 2.18. The van der Waals surface area contributed by atoms with Crippen molar-refractivity contribution in [3.05, 3.63) is 0 Å². The number of ketones is 1. The Balaban J connectivity index is 3.89. The quantitative estimate of drug-likeness (QED) is 0.621. The van der Waals surface area contributed by atoms with Gasteiger partial charge in [0.05, 0.1) is 6.04 Å². The van der Waals surface area contributed by atoms with Crippen LogP contribution in [0.3, 0.4) is 0 Å². The molecule has 4 N–H and O–H groups in total. The number of carbonyl (C=O) groups is 2. The average molecular weight is 186 g/mol. The Morgan fingerprint density at radius 2 is 1.92 bits per heavy atom. The third-order valence-electron chi connectivity index (χ3n) is 2.17. The fourth-order valence-electron chi connectivity index (χ4n) is 1.01. The van der Waals surface area contributed by atoms with Crippen LogP contribution in [0.25, 0.3) is 0 Å². The van der Waals surface area contributed by atoms with Crippen molar-refractivity contribution < 1.29 is 9.59 Å². The molecule has 0 radical (unpaired) electrons. The molecule has 0 heterocycles. The van der Waals surface area contributed by atoms with Crippen molar-refractivity contribution in [3.63, 3.8) is 0 Å². The van der Waals surface area contributed by atoms with Gasteiger partial charge in [-0.2, -0.15) is 0 Å². The summed E-state index contributed by atoms with van der Waals surface area (Å²) in [5.41, 5.74) is 10.5. The Labute approximate surface area is 78.7 Å². The molecule has 0 aliphatic heterocycles. The van der Waals surface area contributed by atoms with Gasteiger partial charge in [0.2, 0.25) is 5.91 Å². The predicted octanol–water partition coefficient (Wildman–Crippen LogP) is 0.194. The lowest BCUT2D eigenvalue weighted by Gasteiger charge is -2.13. The lowest BCUT2D eigenvalue weighted by atomic mass is 9.95. The molecular weight excluding hydrogens is 168 g/mol. The van der Waals surface area contributed by atoms with Crippen LogP contribution in [0.4, 0.5) is 0 Å². The number of primary amides is 1. The number of amides is 1. The zero-order valence-electron chi connectivity index (χ0n) is 8.25. The van der Waals surface area contributed by atoms with Crippen LogP contribution in [0.1, 0.15) is 33.1 Å². The number of carbonyl (C=O) groups excluding carboxylic acids is 2. The van der Waals surface area contributed by atoms with Crippen LogP contribution in [-0.4, -0.2) is 17.7 Å². The fourth-order valence-corrected chi connectivity index (χ4v) is 1.01. The van der Waals surface area contributed by atoms with Crippen LogP contribution in [0.15, 0.2) is 0 Å². The molecule has 13 heavy (non-hydrogen) atoms. The van der Waals surface area contributed by atoms with E-state index in [0.29, 0.717) is 6.42 Å². The van der Waals surface area contributed by atoms with Crippen LogP contribution in [-0.2, 0) is 9.59 Å². The molecular formula is C9H18N2O2. The van der Waals surface area contributed by atoms with Gasteiger partial charge in [0.25, 0.3) is 0 Å². The lowest BCUT2D eigenvalue weighted by molar-refractivity contribution is -0.124. The van der Waals surface area contributed by atoms with Crippen molar-refractivity contribution in [2.45, 2.75) is 39.2 Å². The van der Waals surface area contributed by atoms with E-state index in [-0.39, 0.29) is 18.1 Å². The van der Waals surface area contributed by atoms with Crippen molar-refractivity contribution >= 4 is 11.7 Å². The van der Waals surface area contributed by atoms with E-state index in [1.165, 1.54) is 0 Å². The van der Waals surface area contributed by atoms with E-state index in [1.807, 2.05) is 13.8 Å². The number of hydrogen-bond acceptors (Lipinski definition) is 3. The molecule has 0 rings (SSSR count). The van der Waals surface area contributed by atoms with Crippen LogP contribution >= 0.6 is 0 Å². The average Bonchev–Trinajstić information content (AvgIpc) is 2.11. The zero-order valence-corrected chi connectivity index (χ0v) is 8.25. The van der Waals surface area contributed by atoms with Crippen molar-refractivity contribution in [1.82, 2.24) is 0 Å². The molecule has 0 aliphatic rings. The van der Waals surface area contributed by atoms with Gasteiger partial charge in [0.1, 0.15) is 0 Å². The summed E-state index contributed by atoms with van der Waals surface area (Å²) in [5.74, 6) is -0.418. The first-order chi connectivity index (χ1) is 5.99. The zero-order chi connectivity index (χ0) is 10.4. The summed E-state index contributed by atoms with van der Waals surface area (Å²) in [7, 11) is 0. The SMILES string of the molecule is CCC(C)C(=O)C(N)CCC(N)=O. The first-order valence-electron chi connectivity index (χ1n) is 4.56. The Morgan fingerprint density at radius 1 is 1.38 bits per heavy atom. The molecule has 2 unspecified atom stereocenters. The first-order valence-corrected chi connectivity index (χ1v) is 4.56. The first kappa shape index (κ1) is 12.1. The maximum atomic E-state index is 11.4. The van der Waals surface area contributed by atoms with Crippen molar-refractivity contribution in [1.29, 1.82) is 0 Å². The summed E-state index contributed by atoms with van der Waals surface area (Å²) in [6, 6.07) is -0.539. The maximum absolute atomic E-state index is 11.4. The topological polar surface area (TPSA) is 86.2 Å². The van der Waals surface area contributed by atoms with E-state index in [2.05, 4.69) is 0 Å². The summed E-state index contributed by atoms with van der Waals surface area (Å²) in [4.78, 5) is 21.8. The minimum Gasteiger partial charge on any atom is -0.370 e. The highest BCUT2D eigenvalue weighted by atomic mass is 16.1. The molecule has 0 saturated carbocycles. The molecule has 0 aliphatic carbocycles. The second-order valence-electron chi connectivity index (χ2n) is 3.32. The largest absolute Gasteiger partial charge is 0.370 e. The molecule has 1 amide bonds. The highest BCUT2D eigenvalue weighted by Crippen LogP contribution is 2.07. The van der Waals surface area contributed by atoms with E-state index in [1.54, 1.807) is 0 Å². The van der Waals surface area contributed by atoms with Crippen molar-refractivity contribution in [2.24, 2.45) is 17.4 Å². The third kappa shape index (κ3) is 4.62. The van der Waals surface area contributed by atoms with Crippen LogP contribution in [0, 0.1) is 5.92 Å². The normalized spacial score (nSPS) is 15.0. The van der Waals surface area contributed by atoms with E-state index >= 15 is 0 Å². The van der Waals surface area contributed by atoms with Crippen LogP contribution < -0.4 is 11.5 Å². The van der Waals surface area contributed by atoms with Gasteiger partial charge < -0.3 is 11.5 Å². The molecule has 2 atom stereocenters. The van der Waals surface area contributed by atoms with Gasteiger partial charge >= 0.3 is 0 Å². The summed E-state index contributed by atoms with van der Waals surface area (Å²) in [6.07, 6.45) is 1.32. The van der Waals surface area contributed by atoms with Crippen molar-refractivity contribution in [2.75, 3.05) is 0 Å². The smallest absolute Gasteiger partial charge is 0.217 e. The number of rotatable bonds is 6. The number of Topliss-reactive ketones (excluding diaryl/α,β-unsaturated/α-hetero) is 1. The number of hydrogen-bond donors (Lipinski definition) is 2. The van der Waals surface area contributed by atoms with E-state index < -0.39 is 11.9 Å². The minimum atomic E-state index is -0.539.